The fourth-order valence-corrected chi connectivity index (χ4v) is 3.36. The molecule has 0 bridgehead atoms. The number of Topliss-reactive ketones (excluding diaryl/α,β-unsaturated/α-hetero) is 1. The van der Waals surface area contributed by atoms with E-state index in [-0.39, 0.29) is 30.6 Å². The van der Waals surface area contributed by atoms with Gasteiger partial charge in [0, 0.05) is 24.9 Å². The van der Waals surface area contributed by atoms with Gasteiger partial charge >= 0.3 is 0 Å². The van der Waals surface area contributed by atoms with E-state index in [2.05, 4.69) is 24.1 Å². The second-order valence-electron chi connectivity index (χ2n) is 7.10. The van der Waals surface area contributed by atoms with Crippen LogP contribution in [0.2, 0.25) is 0 Å². The Morgan fingerprint density at radius 1 is 0.966 bits per heavy atom. The van der Waals surface area contributed by atoms with Crippen molar-refractivity contribution in [1.29, 1.82) is 0 Å². The molecule has 5 heteroatoms. The van der Waals surface area contributed by atoms with Crippen LogP contribution in [0.1, 0.15) is 54.2 Å². The number of carbonyl (C=O) groups excluding carboxylic acids is 2. The van der Waals surface area contributed by atoms with Crippen molar-refractivity contribution >= 4 is 11.7 Å². The van der Waals surface area contributed by atoms with Crippen LogP contribution < -0.4 is 10.1 Å². The molecule has 29 heavy (non-hydrogen) atoms. The molecule has 2 rings (SSSR count). The lowest BCUT2D eigenvalue weighted by molar-refractivity contribution is -0.121. The molecular formula is C24H32N2O3. The lowest BCUT2D eigenvalue weighted by Gasteiger charge is -2.30. The molecule has 0 saturated heterocycles. The molecule has 0 spiro atoms. The predicted octanol–water partition coefficient (Wildman–Crippen LogP) is 4.17. The summed E-state index contributed by atoms with van der Waals surface area (Å²) in [7, 11) is 1.65. The van der Waals surface area contributed by atoms with Crippen molar-refractivity contribution in [1.82, 2.24) is 10.2 Å². The normalized spacial score (nSPS) is 11.9. The first kappa shape index (κ1) is 22.6. The van der Waals surface area contributed by atoms with Crippen molar-refractivity contribution < 1.29 is 14.3 Å². The summed E-state index contributed by atoms with van der Waals surface area (Å²) < 4.78 is 5.24. The van der Waals surface area contributed by atoms with Gasteiger partial charge in [0.15, 0.2) is 5.78 Å². The lowest BCUT2D eigenvalue weighted by atomic mass is 10.0. The number of nitrogens with zero attached hydrogens (tertiary/aromatic N) is 1. The van der Waals surface area contributed by atoms with E-state index in [0.29, 0.717) is 12.1 Å². The van der Waals surface area contributed by atoms with Gasteiger partial charge in [-0.3, -0.25) is 14.5 Å². The van der Waals surface area contributed by atoms with E-state index in [1.165, 1.54) is 0 Å². The number of likely N-dealkylation sites (N-methyl/N-ethyl adjacent to an activating group) is 1. The molecule has 0 aliphatic heterocycles. The summed E-state index contributed by atoms with van der Waals surface area (Å²) >= 11 is 0. The monoisotopic (exact) mass is 396 g/mol. The first-order valence-corrected chi connectivity index (χ1v) is 10.2. The van der Waals surface area contributed by atoms with Crippen LogP contribution in [0.5, 0.6) is 5.75 Å². The van der Waals surface area contributed by atoms with Crippen LogP contribution in [0.15, 0.2) is 48.5 Å². The molecule has 0 aliphatic rings. The van der Waals surface area contributed by atoms with Gasteiger partial charge in [-0.05, 0) is 37.7 Å². The highest BCUT2D eigenvalue weighted by Gasteiger charge is 2.19. The van der Waals surface area contributed by atoms with Crippen molar-refractivity contribution in [2.24, 2.45) is 0 Å². The molecule has 5 nitrogen and oxygen atoms in total. The van der Waals surface area contributed by atoms with Crippen molar-refractivity contribution in [2.75, 3.05) is 26.7 Å². The highest BCUT2D eigenvalue weighted by atomic mass is 16.5. The third kappa shape index (κ3) is 6.71. The number of carbonyl (C=O) groups is 2. The number of ether oxygens (including phenoxy) is 1. The van der Waals surface area contributed by atoms with Crippen molar-refractivity contribution in [3.05, 3.63) is 65.2 Å². The third-order valence-electron chi connectivity index (χ3n) is 5.20. The molecule has 2 aromatic carbocycles. The van der Waals surface area contributed by atoms with Gasteiger partial charge < -0.3 is 10.1 Å². The summed E-state index contributed by atoms with van der Waals surface area (Å²) in [5, 5.41) is 3.01. The van der Waals surface area contributed by atoms with Crippen molar-refractivity contribution in [2.45, 2.75) is 39.7 Å². The number of nitrogens with one attached hydrogen (secondary N) is 1. The Kier molecular flexibility index (Phi) is 8.87. The maximum atomic E-state index is 12.4. The van der Waals surface area contributed by atoms with Gasteiger partial charge in [0.05, 0.1) is 13.2 Å². The first-order chi connectivity index (χ1) is 14.0. The van der Waals surface area contributed by atoms with Crippen LogP contribution in [0, 0.1) is 6.92 Å². The quantitative estimate of drug-likeness (QED) is 0.579. The zero-order valence-corrected chi connectivity index (χ0v) is 17.9. The fourth-order valence-electron chi connectivity index (χ4n) is 3.36. The Bertz CT molecular complexity index is 781. The number of hydrogen-bond donors (Lipinski definition) is 1. The molecule has 1 N–H and O–H groups in total. The van der Waals surface area contributed by atoms with Crippen LogP contribution in [0.25, 0.3) is 0 Å². The molecule has 1 unspecified atom stereocenters. The van der Waals surface area contributed by atoms with Crippen LogP contribution >= 0.6 is 0 Å². The van der Waals surface area contributed by atoms with Crippen molar-refractivity contribution in [3.8, 4) is 5.75 Å². The number of ketones is 1. The van der Waals surface area contributed by atoms with Gasteiger partial charge in [-0.15, -0.1) is 0 Å². The molecule has 0 radical (unpaired) electrons. The van der Waals surface area contributed by atoms with Gasteiger partial charge in [-0.2, -0.15) is 0 Å². The number of amides is 1. The summed E-state index contributed by atoms with van der Waals surface area (Å²) in [6.07, 6.45) is 0.410. The number of hydrogen-bond acceptors (Lipinski definition) is 4. The maximum Gasteiger partial charge on any atom is 0.220 e. The molecule has 1 amide bonds. The second kappa shape index (κ2) is 11.4. The van der Waals surface area contributed by atoms with Gasteiger partial charge in [0.1, 0.15) is 5.75 Å². The minimum absolute atomic E-state index is 0.00408. The number of aryl methyl sites for hydroxylation is 1. The molecule has 0 aromatic heterocycles. The SMILES string of the molecule is CCN(CC)C(CNC(=O)CCC(=O)c1ccc(C)cc1)c1ccc(OC)cc1. The van der Waals surface area contributed by atoms with E-state index in [4.69, 9.17) is 4.74 Å². The Balaban J connectivity index is 1.93. The summed E-state index contributed by atoms with van der Waals surface area (Å²) in [4.78, 5) is 27.0. The summed E-state index contributed by atoms with van der Waals surface area (Å²) in [6, 6.07) is 15.5. The number of benzene rings is 2. The topological polar surface area (TPSA) is 58.6 Å². The van der Waals surface area contributed by atoms with Gasteiger partial charge in [0.25, 0.3) is 0 Å². The summed E-state index contributed by atoms with van der Waals surface area (Å²) in [5.41, 5.74) is 2.90. The van der Waals surface area contributed by atoms with Crippen LogP contribution in [0.3, 0.4) is 0 Å². The highest BCUT2D eigenvalue weighted by molar-refractivity contribution is 5.97. The lowest BCUT2D eigenvalue weighted by Crippen LogP contribution is -2.38. The summed E-state index contributed by atoms with van der Waals surface area (Å²) in [6.45, 7) is 8.48. The van der Waals surface area contributed by atoms with E-state index in [0.717, 1.165) is 30.0 Å². The Morgan fingerprint density at radius 3 is 2.14 bits per heavy atom. The van der Waals surface area contributed by atoms with E-state index >= 15 is 0 Å². The molecule has 2 aromatic rings. The number of methoxy groups -OCH3 is 1. The average Bonchev–Trinajstić information content (AvgIpc) is 2.75. The molecular weight excluding hydrogens is 364 g/mol. The van der Waals surface area contributed by atoms with E-state index in [1.807, 2.05) is 55.5 Å². The Labute approximate surface area is 174 Å². The van der Waals surface area contributed by atoms with Crippen LogP contribution in [-0.2, 0) is 4.79 Å². The largest absolute Gasteiger partial charge is 0.497 e. The van der Waals surface area contributed by atoms with E-state index in [9.17, 15) is 9.59 Å². The fraction of sp³-hybridized carbons (Fsp3) is 0.417. The Morgan fingerprint density at radius 2 is 1.59 bits per heavy atom. The van der Waals surface area contributed by atoms with Crippen LogP contribution in [-0.4, -0.2) is 43.3 Å². The zero-order chi connectivity index (χ0) is 21.2. The minimum Gasteiger partial charge on any atom is -0.497 e. The standard InChI is InChI=1S/C24H32N2O3/c1-5-26(6-2)22(19-11-13-21(29-4)14-12-19)17-25-24(28)16-15-23(27)20-9-7-18(3)8-10-20/h7-14,22H,5-6,15-17H2,1-4H3,(H,25,28). The second-order valence-corrected chi connectivity index (χ2v) is 7.10. The Hall–Kier alpha value is -2.66. The third-order valence-corrected chi connectivity index (χ3v) is 5.20. The minimum atomic E-state index is -0.101. The van der Waals surface area contributed by atoms with Gasteiger partial charge in [-0.1, -0.05) is 55.8 Å². The molecule has 0 fully saturated rings. The highest BCUT2D eigenvalue weighted by Crippen LogP contribution is 2.22. The average molecular weight is 397 g/mol. The van der Waals surface area contributed by atoms with Crippen LogP contribution in [0.4, 0.5) is 0 Å². The van der Waals surface area contributed by atoms with Gasteiger partial charge in [0.2, 0.25) is 5.91 Å². The molecule has 0 saturated carbocycles. The van der Waals surface area contributed by atoms with E-state index < -0.39 is 0 Å². The van der Waals surface area contributed by atoms with Gasteiger partial charge in [-0.25, -0.2) is 0 Å². The molecule has 0 heterocycles. The van der Waals surface area contributed by atoms with E-state index in [1.54, 1.807) is 7.11 Å². The molecule has 1 atom stereocenters. The number of rotatable bonds is 11. The molecule has 0 aliphatic carbocycles. The zero-order valence-electron chi connectivity index (χ0n) is 17.9. The predicted molar refractivity (Wildman–Crippen MR) is 116 cm³/mol. The molecule has 156 valence electrons. The maximum absolute atomic E-state index is 12.4. The first-order valence-electron chi connectivity index (χ1n) is 10.2. The smallest absolute Gasteiger partial charge is 0.220 e. The van der Waals surface area contributed by atoms with Crippen molar-refractivity contribution in [3.63, 3.8) is 0 Å². The summed E-state index contributed by atoms with van der Waals surface area (Å²) in [5.74, 6) is 0.706.